The van der Waals surface area contributed by atoms with Crippen LogP contribution in [0.4, 0.5) is 5.13 Å². The van der Waals surface area contributed by atoms with Crippen molar-refractivity contribution in [1.82, 2.24) is 25.0 Å². The number of hydrogen-bond acceptors (Lipinski definition) is 7. The first-order valence-electron chi connectivity index (χ1n) is 8.97. The highest BCUT2D eigenvalue weighted by atomic mass is 32.2. The summed E-state index contributed by atoms with van der Waals surface area (Å²) in [5.74, 6) is 0.843. The summed E-state index contributed by atoms with van der Waals surface area (Å²) in [6.07, 6.45) is 3.67. The van der Waals surface area contributed by atoms with Crippen molar-refractivity contribution in [3.63, 3.8) is 0 Å². The fourth-order valence-corrected chi connectivity index (χ4v) is 4.22. The summed E-state index contributed by atoms with van der Waals surface area (Å²) >= 11 is 2.75. The maximum absolute atomic E-state index is 12.3. The van der Waals surface area contributed by atoms with Crippen molar-refractivity contribution < 1.29 is 4.79 Å². The van der Waals surface area contributed by atoms with Crippen LogP contribution in [0.15, 0.2) is 42.1 Å². The number of aryl methyl sites for hydroxylation is 2. The third kappa shape index (κ3) is 4.85. The highest BCUT2D eigenvalue weighted by molar-refractivity contribution is 7.99. The van der Waals surface area contributed by atoms with Gasteiger partial charge in [-0.25, -0.2) is 0 Å². The van der Waals surface area contributed by atoms with E-state index in [-0.39, 0.29) is 11.7 Å². The van der Waals surface area contributed by atoms with Crippen molar-refractivity contribution in [2.45, 2.75) is 38.4 Å². The third-order valence-electron chi connectivity index (χ3n) is 3.92. The molecule has 1 aromatic carbocycles. The Hall–Kier alpha value is -2.52. The van der Waals surface area contributed by atoms with Crippen molar-refractivity contribution in [3.05, 3.63) is 47.5 Å². The van der Waals surface area contributed by atoms with E-state index >= 15 is 0 Å². The van der Waals surface area contributed by atoms with Crippen molar-refractivity contribution in [2.75, 3.05) is 11.1 Å². The van der Waals surface area contributed by atoms with E-state index in [2.05, 4.69) is 39.2 Å². The van der Waals surface area contributed by atoms with Gasteiger partial charge in [-0.3, -0.25) is 14.7 Å². The maximum atomic E-state index is 12.3. The minimum absolute atomic E-state index is 0.144. The lowest BCUT2D eigenvalue weighted by molar-refractivity contribution is -0.113. The number of amides is 1. The summed E-state index contributed by atoms with van der Waals surface area (Å²) in [6, 6.07) is 8.03. The van der Waals surface area contributed by atoms with Gasteiger partial charge in [0.05, 0.1) is 5.75 Å². The van der Waals surface area contributed by atoms with Gasteiger partial charge in [0, 0.05) is 18.5 Å². The SMILES string of the molecule is C=CCn1c(SCC(=O)Nc2nnc(CCC)s2)nnc1-c1ccccc1C. The molecule has 3 rings (SSSR count). The van der Waals surface area contributed by atoms with Crippen LogP contribution in [0.2, 0.25) is 0 Å². The van der Waals surface area contributed by atoms with Crippen LogP contribution < -0.4 is 5.32 Å². The van der Waals surface area contributed by atoms with Gasteiger partial charge in [-0.2, -0.15) is 0 Å². The normalized spacial score (nSPS) is 10.8. The predicted molar refractivity (Wildman–Crippen MR) is 114 cm³/mol. The molecule has 2 aromatic heterocycles. The number of carbonyl (C=O) groups excluding carboxylic acids is 1. The molecule has 0 bridgehead atoms. The average Bonchev–Trinajstić information content (AvgIpc) is 3.28. The van der Waals surface area contributed by atoms with E-state index in [1.54, 1.807) is 6.08 Å². The minimum Gasteiger partial charge on any atom is -0.300 e. The van der Waals surface area contributed by atoms with Gasteiger partial charge in [-0.05, 0) is 18.9 Å². The molecule has 0 saturated heterocycles. The first-order chi connectivity index (χ1) is 13.6. The van der Waals surface area contributed by atoms with Crippen LogP contribution in [0, 0.1) is 6.92 Å². The first-order valence-corrected chi connectivity index (χ1v) is 10.8. The summed E-state index contributed by atoms with van der Waals surface area (Å²) in [5, 5.41) is 21.6. The molecule has 9 heteroatoms. The Labute approximate surface area is 172 Å². The number of aromatic nitrogens is 5. The molecule has 0 saturated carbocycles. The molecule has 7 nitrogen and oxygen atoms in total. The van der Waals surface area contributed by atoms with Crippen LogP contribution >= 0.6 is 23.1 Å². The number of thioether (sulfide) groups is 1. The molecular weight excluding hydrogens is 392 g/mol. The van der Waals surface area contributed by atoms with Crippen LogP contribution in [-0.2, 0) is 17.8 Å². The molecule has 3 aromatic rings. The molecule has 0 aliphatic heterocycles. The van der Waals surface area contributed by atoms with Gasteiger partial charge < -0.3 is 0 Å². The second kappa shape index (κ2) is 9.61. The van der Waals surface area contributed by atoms with Gasteiger partial charge in [-0.15, -0.1) is 27.0 Å². The number of carbonyl (C=O) groups is 1. The van der Waals surface area contributed by atoms with E-state index in [0.717, 1.165) is 34.8 Å². The molecule has 2 heterocycles. The summed E-state index contributed by atoms with van der Waals surface area (Å²) in [7, 11) is 0. The van der Waals surface area contributed by atoms with Gasteiger partial charge >= 0.3 is 0 Å². The van der Waals surface area contributed by atoms with Crippen LogP contribution in [0.25, 0.3) is 11.4 Å². The van der Waals surface area contributed by atoms with Crippen LogP contribution in [0.3, 0.4) is 0 Å². The highest BCUT2D eigenvalue weighted by Gasteiger charge is 2.16. The molecule has 0 spiro atoms. The van der Waals surface area contributed by atoms with Crippen molar-refractivity contribution in [2.24, 2.45) is 0 Å². The quantitative estimate of drug-likeness (QED) is 0.421. The van der Waals surface area contributed by atoms with Crippen molar-refractivity contribution in [1.29, 1.82) is 0 Å². The minimum atomic E-state index is -0.144. The second-order valence-electron chi connectivity index (χ2n) is 6.11. The van der Waals surface area contributed by atoms with Gasteiger partial charge in [0.25, 0.3) is 0 Å². The van der Waals surface area contributed by atoms with Gasteiger partial charge in [-0.1, -0.05) is 60.4 Å². The molecule has 28 heavy (non-hydrogen) atoms. The first kappa shape index (κ1) is 20.2. The molecule has 0 aliphatic carbocycles. The van der Waals surface area contributed by atoms with E-state index in [0.29, 0.717) is 16.8 Å². The van der Waals surface area contributed by atoms with E-state index in [9.17, 15) is 4.79 Å². The summed E-state index contributed by atoms with van der Waals surface area (Å²) in [4.78, 5) is 12.3. The smallest absolute Gasteiger partial charge is 0.236 e. The fraction of sp³-hybridized carbons (Fsp3) is 0.316. The molecule has 0 aliphatic rings. The van der Waals surface area contributed by atoms with Gasteiger partial charge in [0.15, 0.2) is 11.0 Å². The Balaban J connectivity index is 1.69. The summed E-state index contributed by atoms with van der Waals surface area (Å²) in [6.45, 7) is 8.51. The Morgan fingerprint density at radius 3 is 2.86 bits per heavy atom. The fourth-order valence-electron chi connectivity index (χ4n) is 2.62. The topological polar surface area (TPSA) is 85.6 Å². The van der Waals surface area contributed by atoms with Gasteiger partial charge in [0.1, 0.15) is 5.01 Å². The number of nitrogens with one attached hydrogen (secondary N) is 1. The van der Waals surface area contributed by atoms with E-state index in [1.165, 1.54) is 23.1 Å². The Morgan fingerprint density at radius 2 is 2.11 bits per heavy atom. The lowest BCUT2D eigenvalue weighted by Gasteiger charge is -2.09. The number of benzene rings is 1. The highest BCUT2D eigenvalue weighted by Crippen LogP contribution is 2.26. The Bertz CT molecular complexity index is 965. The number of rotatable bonds is 9. The average molecular weight is 415 g/mol. The van der Waals surface area contributed by atoms with E-state index in [4.69, 9.17) is 0 Å². The predicted octanol–water partition coefficient (Wildman–Crippen LogP) is 3.97. The van der Waals surface area contributed by atoms with Crippen molar-refractivity contribution in [3.8, 4) is 11.4 Å². The van der Waals surface area contributed by atoms with Crippen LogP contribution in [0.1, 0.15) is 23.9 Å². The van der Waals surface area contributed by atoms with Crippen LogP contribution in [-0.4, -0.2) is 36.6 Å². The maximum Gasteiger partial charge on any atom is 0.236 e. The number of allylic oxidation sites excluding steroid dienone is 1. The summed E-state index contributed by atoms with van der Waals surface area (Å²) < 4.78 is 1.97. The molecule has 0 atom stereocenters. The number of anilines is 1. The Kier molecular flexibility index (Phi) is 6.94. The van der Waals surface area contributed by atoms with Crippen molar-refractivity contribution >= 4 is 34.1 Å². The standard InChI is InChI=1S/C19H22N6OS2/c1-4-8-16-21-23-18(28-16)20-15(26)12-27-19-24-22-17(25(19)11-5-2)14-10-7-6-9-13(14)3/h5-7,9-10H,2,4,8,11-12H2,1,3H3,(H,20,23,26). The van der Waals surface area contributed by atoms with E-state index in [1.807, 2.05) is 35.8 Å². The van der Waals surface area contributed by atoms with Crippen LogP contribution in [0.5, 0.6) is 0 Å². The largest absolute Gasteiger partial charge is 0.300 e. The molecular formula is C19H22N6OS2. The lowest BCUT2D eigenvalue weighted by Crippen LogP contribution is -2.14. The Morgan fingerprint density at radius 1 is 1.29 bits per heavy atom. The third-order valence-corrected chi connectivity index (χ3v) is 5.79. The summed E-state index contributed by atoms with van der Waals surface area (Å²) in [5.41, 5.74) is 2.14. The molecule has 146 valence electrons. The zero-order valence-electron chi connectivity index (χ0n) is 15.9. The molecule has 1 amide bonds. The molecule has 1 N–H and O–H groups in total. The number of hydrogen-bond donors (Lipinski definition) is 1. The zero-order chi connectivity index (χ0) is 19.9. The number of nitrogens with zero attached hydrogens (tertiary/aromatic N) is 5. The molecule has 0 radical (unpaired) electrons. The molecule has 0 fully saturated rings. The molecule has 0 unspecified atom stereocenters. The van der Waals surface area contributed by atoms with E-state index < -0.39 is 0 Å². The van der Waals surface area contributed by atoms with Gasteiger partial charge in [0.2, 0.25) is 11.0 Å². The monoisotopic (exact) mass is 414 g/mol. The second-order valence-corrected chi connectivity index (χ2v) is 8.11. The zero-order valence-corrected chi connectivity index (χ0v) is 17.5. The lowest BCUT2D eigenvalue weighted by atomic mass is 10.1.